The lowest BCUT2D eigenvalue weighted by molar-refractivity contribution is -0.121. The van der Waals surface area contributed by atoms with Crippen LogP contribution in [0.5, 0.6) is 5.75 Å². The Kier molecular flexibility index (Phi) is 5.33. The summed E-state index contributed by atoms with van der Waals surface area (Å²) in [6, 6.07) is 14.1. The molecule has 1 heterocycles. The van der Waals surface area contributed by atoms with Gasteiger partial charge in [-0.15, -0.1) is 0 Å². The molecule has 0 saturated carbocycles. The molecule has 0 radical (unpaired) electrons. The van der Waals surface area contributed by atoms with Crippen molar-refractivity contribution in [3.05, 3.63) is 54.9 Å². The first kappa shape index (κ1) is 17.3. The highest BCUT2D eigenvalue weighted by atomic mass is 16.5. The lowest BCUT2D eigenvalue weighted by atomic mass is 10.3. The van der Waals surface area contributed by atoms with Crippen molar-refractivity contribution >= 4 is 28.7 Å². The van der Waals surface area contributed by atoms with Gasteiger partial charge >= 0.3 is 6.03 Å². The summed E-state index contributed by atoms with van der Waals surface area (Å²) in [5.41, 5.74) is 7.04. The van der Waals surface area contributed by atoms with Crippen LogP contribution in [0.15, 0.2) is 54.9 Å². The van der Waals surface area contributed by atoms with Crippen molar-refractivity contribution in [3.63, 3.8) is 0 Å². The largest absolute Gasteiger partial charge is 0.495 e. The smallest absolute Gasteiger partial charge is 0.338 e. The maximum Gasteiger partial charge on any atom is 0.338 e. The summed E-state index contributed by atoms with van der Waals surface area (Å²) < 4.78 is 7.04. The van der Waals surface area contributed by atoms with Gasteiger partial charge < -0.3 is 14.6 Å². The highest BCUT2D eigenvalue weighted by Crippen LogP contribution is 2.22. The topological polar surface area (TPSA) is 97.3 Å². The van der Waals surface area contributed by atoms with Crippen LogP contribution in [0.1, 0.15) is 6.42 Å². The van der Waals surface area contributed by atoms with Crippen LogP contribution in [-0.2, 0) is 11.3 Å². The van der Waals surface area contributed by atoms with Crippen LogP contribution in [0, 0.1) is 0 Å². The van der Waals surface area contributed by atoms with Gasteiger partial charge in [0.1, 0.15) is 5.75 Å². The standard InChI is InChI=1S/C18H19N5O3/c1-26-16-9-5-3-7-14(16)20-18(25)22-21-17(24)10-11-23-12-19-13-6-2-4-8-15(13)23/h2-9,12H,10-11H2,1H3,(H,21,24)(H2,20,22,25). The van der Waals surface area contributed by atoms with Gasteiger partial charge in [-0.1, -0.05) is 24.3 Å². The molecule has 26 heavy (non-hydrogen) atoms. The summed E-state index contributed by atoms with van der Waals surface area (Å²) >= 11 is 0. The number of carbonyl (C=O) groups excluding carboxylic acids is 2. The number of benzene rings is 2. The van der Waals surface area contributed by atoms with Gasteiger partial charge in [0.15, 0.2) is 0 Å². The molecule has 3 rings (SSSR count). The monoisotopic (exact) mass is 353 g/mol. The number of anilines is 1. The maximum absolute atomic E-state index is 11.9. The van der Waals surface area contributed by atoms with E-state index >= 15 is 0 Å². The normalized spacial score (nSPS) is 10.3. The lowest BCUT2D eigenvalue weighted by Crippen LogP contribution is -2.44. The van der Waals surface area contributed by atoms with E-state index in [1.807, 2.05) is 28.8 Å². The van der Waals surface area contributed by atoms with Gasteiger partial charge in [-0.3, -0.25) is 10.2 Å². The third kappa shape index (κ3) is 4.10. The van der Waals surface area contributed by atoms with Crippen molar-refractivity contribution in [1.29, 1.82) is 0 Å². The zero-order valence-electron chi connectivity index (χ0n) is 14.2. The Balaban J connectivity index is 1.47. The number of hydrogen-bond acceptors (Lipinski definition) is 4. The summed E-state index contributed by atoms with van der Waals surface area (Å²) in [6.07, 6.45) is 1.90. The van der Waals surface area contributed by atoms with Crippen molar-refractivity contribution in [2.45, 2.75) is 13.0 Å². The van der Waals surface area contributed by atoms with E-state index in [0.29, 0.717) is 18.0 Å². The van der Waals surface area contributed by atoms with E-state index in [1.54, 1.807) is 30.6 Å². The van der Waals surface area contributed by atoms with E-state index in [1.165, 1.54) is 7.11 Å². The Hall–Kier alpha value is -3.55. The Morgan fingerprint density at radius 3 is 2.69 bits per heavy atom. The minimum atomic E-state index is -0.559. The number of fused-ring (bicyclic) bond motifs is 1. The van der Waals surface area contributed by atoms with Crippen molar-refractivity contribution < 1.29 is 14.3 Å². The Labute approximate surface area is 150 Å². The molecule has 8 heteroatoms. The van der Waals surface area contributed by atoms with E-state index in [0.717, 1.165) is 11.0 Å². The van der Waals surface area contributed by atoms with E-state index < -0.39 is 6.03 Å². The number of para-hydroxylation sites is 4. The molecule has 0 fully saturated rings. The molecule has 0 aliphatic rings. The number of amides is 3. The molecular weight excluding hydrogens is 334 g/mol. The van der Waals surface area contributed by atoms with E-state index in [4.69, 9.17) is 4.74 Å². The number of urea groups is 1. The highest BCUT2D eigenvalue weighted by Gasteiger charge is 2.09. The van der Waals surface area contributed by atoms with Gasteiger partial charge in [0.2, 0.25) is 5.91 Å². The molecule has 3 aromatic rings. The molecule has 0 aliphatic carbocycles. The van der Waals surface area contributed by atoms with Crippen molar-refractivity contribution in [2.24, 2.45) is 0 Å². The van der Waals surface area contributed by atoms with Gasteiger partial charge in [0, 0.05) is 13.0 Å². The van der Waals surface area contributed by atoms with Crippen molar-refractivity contribution in [1.82, 2.24) is 20.4 Å². The first-order valence-corrected chi connectivity index (χ1v) is 8.06. The number of methoxy groups -OCH3 is 1. The number of imidazole rings is 1. The fourth-order valence-corrected chi connectivity index (χ4v) is 2.50. The van der Waals surface area contributed by atoms with Crippen LogP contribution in [0.2, 0.25) is 0 Å². The minimum Gasteiger partial charge on any atom is -0.495 e. The summed E-state index contributed by atoms with van der Waals surface area (Å²) in [5.74, 6) is 0.221. The van der Waals surface area contributed by atoms with Crippen LogP contribution >= 0.6 is 0 Å². The number of hydrazine groups is 1. The van der Waals surface area contributed by atoms with E-state index in [9.17, 15) is 9.59 Å². The maximum atomic E-state index is 11.9. The van der Waals surface area contributed by atoms with Crippen molar-refractivity contribution in [3.8, 4) is 5.75 Å². The molecule has 134 valence electrons. The molecule has 0 unspecified atom stereocenters. The number of rotatable bonds is 5. The zero-order chi connectivity index (χ0) is 18.4. The number of ether oxygens (including phenoxy) is 1. The van der Waals surface area contributed by atoms with Crippen LogP contribution in [0.4, 0.5) is 10.5 Å². The van der Waals surface area contributed by atoms with Gasteiger partial charge in [0.25, 0.3) is 0 Å². The van der Waals surface area contributed by atoms with E-state index in [2.05, 4.69) is 21.2 Å². The average Bonchev–Trinajstić information content (AvgIpc) is 3.08. The number of aromatic nitrogens is 2. The second-order valence-corrected chi connectivity index (χ2v) is 5.50. The predicted octanol–water partition coefficient (Wildman–Crippen LogP) is 2.29. The molecular formula is C18H19N5O3. The van der Waals surface area contributed by atoms with Crippen LogP contribution in [0.25, 0.3) is 11.0 Å². The van der Waals surface area contributed by atoms with Crippen LogP contribution in [0.3, 0.4) is 0 Å². The summed E-state index contributed by atoms with van der Waals surface area (Å²) in [4.78, 5) is 28.1. The zero-order valence-corrected chi connectivity index (χ0v) is 14.2. The quantitative estimate of drug-likeness (QED) is 0.613. The first-order chi connectivity index (χ1) is 12.7. The molecule has 1 aromatic heterocycles. The molecule has 8 nitrogen and oxygen atoms in total. The number of nitrogens with zero attached hydrogens (tertiary/aromatic N) is 2. The van der Waals surface area contributed by atoms with E-state index in [-0.39, 0.29) is 12.3 Å². The molecule has 3 N–H and O–H groups in total. The fraction of sp³-hybridized carbons (Fsp3) is 0.167. The SMILES string of the molecule is COc1ccccc1NC(=O)NNC(=O)CCn1cnc2ccccc21. The Morgan fingerprint density at radius 1 is 1.08 bits per heavy atom. The van der Waals surface area contributed by atoms with Gasteiger partial charge in [-0.2, -0.15) is 0 Å². The summed E-state index contributed by atoms with van der Waals surface area (Å²) in [6.45, 7) is 0.460. The lowest BCUT2D eigenvalue weighted by Gasteiger charge is -2.11. The minimum absolute atomic E-state index is 0.204. The van der Waals surface area contributed by atoms with Crippen LogP contribution in [-0.4, -0.2) is 28.6 Å². The average molecular weight is 353 g/mol. The van der Waals surface area contributed by atoms with Crippen molar-refractivity contribution in [2.75, 3.05) is 12.4 Å². The second-order valence-electron chi connectivity index (χ2n) is 5.50. The molecule has 0 atom stereocenters. The number of hydrogen-bond donors (Lipinski definition) is 3. The molecule has 0 aliphatic heterocycles. The number of nitrogens with one attached hydrogen (secondary N) is 3. The first-order valence-electron chi connectivity index (χ1n) is 8.06. The molecule has 0 saturated heterocycles. The van der Waals surface area contributed by atoms with Gasteiger partial charge in [0.05, 0.1) is 30.2 Å². The molecule has 0 spiro atoms. The number of aryl methyl sites for hydroxylation is 1. The third-order valence-corrected chi connectivity index (χ3v) is 3.78. The second kappa shape index (κ2) is 8.02. The van der Waals surface area contributed by atoms with Gasteiger partial charge in [-0.25, -0.2) is 15.2 Å². The predicted molar refractivity (Wildman–Crippen MR) is 97.6 cm³/mol. The molecule has 3 amide bonds. The highest BCUT2D eigenvalue weighted by molar-refractivity contribution is 5.92. The molecule has 0 bridgehead atoms. The third-order valence-electron chi connectivity index (χ3n) is 3.78. The number of carbonyl (C=O) groups is 2. The summed E-state index contributed by atoms with van der Waals surface area (Å²) in [5, 5.41) is 2.61. The van der Waals surface area contributed by atoms with Crippen LogP contribution < -0.4 is 20.9 Å². The Bertz CT molecular complexity index is 922. The van der Waals surface area contributed by atoms with Gasteiger partial charge in [-0.05, 0) is 24.3 Å². The fourth-order valence-electron chi connectivity index (χ4n) is 2.50. The molecule has 2 aromatic carbocycles. The Morgan fingerprint density at radius 2 is 1.85 bits per heavy atom. The summed E-state index contributed by atoms with van der Waals surface area (Å²) in [7, 11) is 1.51.